The topological polar surface area (TPSA) is 105 Å². The summed E-state index contributed by atoms with van der Waals surface area (Å²) in [5.74, 6) is -1.92. The fourth-order valence-electron chi connectivity index (χ4n) is 4.65. The van der Waals surface area contributed by atoms with Gasteiger partial charge in [0.2, 0.25) is 5.91 Å². The molecule has 0 radical (unpaired) electrons. The van der Waals surface area contributed by atoms with Crippen LogP contribution in [0.5, 0.6) is 0 Å². The first-order chi connectivity index (χ1) is 16.8. The molecule has 1 aliphatic carbocycles. The van der Waals surface area contributed by atoms with Gasteiger partial charge in [0.15, 0.2) is 0 Å². The first kappa shape index (κ1) is 24.0. The van der Waals surface area contributed by atoms with Gasteiger partial charge in [-0.25, -0.2) is 4.79 Å². The fourth-order valence-corrected chi connectivity index (χ4v) is 4.65. The van der Waals surface area contributed by atoms with E-state index in [-0.39, 0.29) is 19.1 Å². The van der Waals surface area contributed by atoms with Gasteiger partial charge < -0.3 is 20.5 Å². The molecule has 0 heterocycles. The van der Waals surface area contributed by atoms with Gasteiger partial charge in [-0.3, -0.25) is 9.59 Å². The number of hydrogen-bond acceptors (Lipinski definition) is 4. The summed E-state index contributed by atoms with van der Waals surface area (Å²) in [6.45, 7) is 4.22. The number of benzene rings is 3. The van der Waals surface area contributed by atoms with Crippen LogP contribution >= 0.6 is 0 Å². The summed E-state index contributed by atoms with van der Waals surface area (Å²) in [6, 6.07) is 20.6. The number of nitrogens with one attached hydrogen (secondary N) is 2. The van der Waals surface area contributed by atoms with E-state index in [0.29, 0.717) is 0 Å². The van der Waals surface area contributed by atoms with Crippen LogP contribution in [0.25, 0.3) is 11.1 Å². The number of carbonyl (C=O) groups is 3. The van der Waals surface area contributed by atoms with Crippen LogP contribution in [0.1, 0.15) is 40.2 Å². The molecule has 1 aliphatic rings. The highest BCUT2D eigenvalue weighted by molar-refractivity contribution is 5.89. The Balaban J connectivity index is 1.39. The van der Waals surface area contributed by atoms with Crippen molar-refractivity contribution >= 4 is 18.0 Å². The second-order valence-electron chi connectivity index (χ2n) is 8.83. The van der Waals surface area contributed by atoms with Crippen molar-refractivity contribution in [2.45, 2.75) is 38.8 Å². The third-order valence-electron chi connectivity index (χ3n) is 6.08. The molecule has 2 amide bonds. The van der Waals surface area contributed by atoms with Gasteiger partial charge in [0, 0.05) is 12.5 Å². The number of carboxylic acids is 1. The lowest BCUT2D eigenvalue weighted by atomic mass is 9.98. The highest BCUT2D eigenvalue weighted by Gasteiger charge is 2.30. The van der Waals surface area contributed by atoms with Crippen LogP contribution in [0.3, 0.4) is 0 Å². The number of ether oxygens (including phenoxy) is 1. The number of aliphatic carboxylic acids is 1. The third-order valence-corrected chi connectivity index (χ3v) is 6.08. The van der Waals surface area contributed by atoms with E-state index in [1.807, 2.05) is 80.6 Å². The molecule has 35 heavy (non-hydrogen) atoms. The summed E-state index contributed by atoms with van der Waals surface area (Å²) >= 11 is 0. The van der Waals surface area contributed by atoms with Crippen molar-refractivity contribution in [1.29, 1.82) is 0 Å². The van der Waals surface area contributed by atoms with Crippen molar-refractivity contribution in [2.24, 2.45) is 0 Å². The second-order valence-corrected chi connectivity index (χ2v) is 8.83. The zero-order chi connectivity index (χ0) is 24.9. The zero-order valence-electron chi connectivity index (χ0n) is 19.7. The molecule has 3 N–H and O–H groups in total. The van der Waals surface area contributed by atoms with E-state index in [2.05, 4.69) is 10.6 Å². The Bertz CT molecular complexity index is 1200. The van der Waals surface area contributed by atoms with Crippen molar-refractivity contribution in [3.05, 3.63) is 94.5 Å². The quantitative estimate of drug-likeness (QED) is 0.453. The summed E-state index contributed by atoms with van der Waals surface area (Å²) in [7, 11) is 0. The van der Waals surface area contributed by atoms with E-state index in [9.17, 15) is 19.5 Å². The normalized spacial score (nSPS) is 12.9. The van der Waals surface area contributed by atoms with Gasteiger partial charge in [0.1, 0.15) is 12.6 Å². The molecule has 0 spiro atoms. The van der Waals surface area contributed by atoms with Crippen LogP contribution in [0, 0.1) is 13.8 Å². The number of amides is 2. The number of rotatable bonds is 8. The van der Waals surface area contributed by atoms with E-state index < -0.39 is 30.4 Å². The Hall–Kier alpha value is -4.13. The van der Waals surface area contributed by atoms with Gasteiger partial charge in [-0.1, -0.05) is 77.9 Å². The lowest BCUT2D eigenvalue weighted by Crippen LogP contribution is -2.48. The highest BCUT2D eigenvalue weighted by Crippen LogP contribution is 2.44. The standard InChI is InChI=1S/C28H28N2O5/c1-17-11-18(2)13-19(12-17)15-29-27(33)25(14-26(31)32)30-28(34)35-16-24-22-9-5-3-7-20(22)21-8-4-6-10-23(21)24/h3-13,24-25H,14-16H2,1-2H3,(H,29,33)(H,30,34)(H,31,32). The number of alkyl carbamates (subject to hydrolysis) is 1. The number of aryl methyl sites for hydroxylation is 2. The summed E-state index contributed by atoms with van der Waals surface area (Å²) < 4.78 is 5.47. The largest absolute Gasteiger partial charge is 0.481 e. The molecule has 0 bridgehead atoms. The maximum absolute atomic E-state index is 12.7. The van der Waals surface area contributed by atoms with Crippen molar-refractivity contribution < 1.29 is 24.2 Å². The number of carbonyl (C=O) groups excluding carboxylic acids is 2. The predicted octanol–water partition coefficient (Wildman–Crippen LogP) is 4.30. The molecule has 0 saturated heterocycles. The van der Waals surface area contributed by atoms with Crippen LogP contribution in [0.15, 0.2) is 66.7 Å². The minimum absolute atomic E-state index is 0.0733. The number of carboxylic acid groups (broad SMARTS) is 1. The molecule has 0 saturated carbocycles. The molecule has 0 aromatic heterocycles. The molecule has 0 aliphatic heterocycles. The van der Waals surface area contributed by atoms with E-state index in [1.54, 1.807) is 0 Å². The SMILES string of the molecule is Cc1cc(C)cc(CNC(=O)C(CC(=O)O)NC(=O)OCC2c3ccccc3-c3ccccc32)c1. The first-order valence-electron chi connectivity index (χ1n) is 11.5. The summed E-state index contributed by atoms with van der Waals surface area (Å²) in [5, 5.41) is 14.4. The van der Waals surface area contributed by atoms with Crippen molar-refractivity contribution in [3.63, 3.8) is 0 Å². The van der Waals surface area contributed by atoms with E-state index in [0.717, 1.165) is 38.9 Å². The third kappa shape index (κ3) is 5.69. The minimum Gasteiger partial charge on any atom is -0.481 e. The predicted molar refractivity (Wildman–Crippen MR) is 132 cm³/mol. The summed E-state index contributed by atoms with van der Waals surface area (Å²) in [6.07, 6.45) is -1.39. The van der Waals surface area contributed by atoms with Crippen molar-refractivity contribution in [2.75, 3.05) is 6.61 Å². The average Bonchev–Trinajstić information content (AvgIpc) is 3.13. The van der Waals surface area contributed by atoms with Gasteiger partial charge in [-0.15, -0.1) is 0 Å². The van der Waals surface area contributed by atoms with Crippen molar-refractivity contribution in [1.82, 2.24) is 10.6 Å². The zero-order valence-corrected chi connectivity index (χ0v) is 19.7. The average molecular weight is 473 g/mol. The maximum atomic E-state index is 12.7. The summed E-state index contributed by atoms with van der Waals surface area (Å²) in [5.41, 5.74) is 7.36. The Morgan fingerprint density at radius 3 is 2.06 bits per heavy atom. The van der Waals surface area contributed by atoms with E-state index in [4.69, 9.17) is 4.74 Å². The van der Waals surface area contributed by atoms with Crippen LogP contribution in [0.4, 0.5) is 4.79 Å². The van der Waals surface area contributed by atoms with Gasteiger partial charge in [-0.2, -0.15) is 0 Å². The Kier molecular flexibility index (Phi) is 7.15. The fraction of sp³-hybridized carbons (Fsp3) is 0.250. The number of hydrogen-bond donors (Lipinski definition) is 3. The minimum atomic E-state index is -1.26. The molecule has 180 valence electrons. The maximum Gasteiger partial charge on any atom is 0.407 e. The molecule has 7 nitrogen and oxygen atoms in total. The Morgan fingerprint density at radius 2 is 1.49 bits per heavy atom. The van der Waals surface area contributed by atoms with Crippen LogP contribution < -0.4 is 10.6 Å². The van der Waals surface area contributed by atoms with Gasteiger partial charge >= 0.3 is 12.1 Å². The highest BCUT2D eigenvalue weighted by atomic mass is 16.5. The lowest BCUT2D eigenvalue weighted by molar-refractivity contribution is -0.139. The van der Waals surface area contributed by atoms with Gasteiger partial charge in [0.25, 0.3) is 0 Å². The summed E-state index contributed by atoms with van der Waals surface area (Å²) in [4.78, 5) is 36.6. The lowest BCUT2D eigenvalue weighted by Gasteiger charge is -2.19. The molecule has 0 fully saturated rings. The Labute approximate surface area is 204 Å². The van der Waals surface area contributed by atoms with Crippen molar-refractivity contribution in [3.8, 4) is 11.1 Å². The smallest absolute Gasteiger partial charge is 0.407 e. The van der Waals surface area contributed by atoms with E-state index >= 15 is 0 Å². The van der Waals surface area contributed by atoms with Crippen LogP contribution in [-0.4, -0.2) is 35.7 Å². The molecular formula is C28H28N2O5. The molecule has 3 aromatic rings. The molecule has 1 atom stereocenters. The molecule has 3 aromatic carbocycles. The molecule has 7 heteroatoms. The molecular weight excluding hydrogens is 444 g/mol. The second kappa shape index (κ2) is 10.4. The van der Waals surface area contributed by atoms with Crippen LogP contribution in [0.2, 0.25) is 0 Å². The van der Waals surface area contributed by atoms with Gasteiger partial charge in [-0.05, 0) is 41.7 Å². The molecule has 1 unspecified atom stereocenters. The van der Waals surface area contributed by atoms with Gasteiger partial charge in [0.05, 0.1) is 6.42 Å². The Morgan fingerprint density at radius 1 is 0.914 bits per heavy atom. The van der Waals surface area contributed by atoms with E-state index in [1.165, 1.54) is 0 Å². The first-order valence-corrected chi connectivity index (χ1v) is 11.5. The van der Waals surface area contributed by atoms with Crippen LogP contribution in [-0.2, 0) is 20.9 Å². The number of fused-ring (bicyclic) bond motifs is 3. The monoisotopic (exact) mass is 472 g/mol. The molecule has 4 rings (SSSR count).